The monoisotopic (exact) mass is 798 g/mol. The van der Waals surface area contributed by atoms with Gasteiger partial charge in [0, 0.05) is 17.3 Å². The summed E-state index contributed by atoms with van der Waals surface area (Å²) < 4.78 is 23.7. The Hall–Kier alpha value is -1.11. The van der Waals surface area contributed by atoms with Gasteiger partial charge in [-0.15, -0.1) is 0 Å². The Bertz CT molecular complexity index is 1450. The summed E-state index contributed by atoms with van der Waals surface area (Å²) in [4.78, 5) is 14.8. The van der Waals surface area contributed by atoms with Crippen LogP contribution in [0, 0.1) is 45.3 Å². The molecular weight excluding hydrogens is 728 g/mol. The second-order valence-electron chi connectivity index (χ2n) is 20.0. The Morgan fingerprint density at radius 3 is 1.98 bits per heavy atom. The standard InChI is InChI=1S/C42H70O14/c1-20(24(45)14-15-38(2,3)56-37-35(52)33(50)31(48)26(19-44)54-37)21-13-16-40(6)27-11-9-22-23(42(27,8)28(46)17-41(21,40)7)10-12-29(39(22,4)5)55-36-34(51)32(49)30(47)25(18-43)53-36/h9,20-21,23-27,29-37,43-45,47-52H,10-19H2,1-8H3/t20-,21+,23+,24+,25+,26+,27-,29-,30+,31+,32-,33-,34+,35+,36-,37-,40-,41+,42-/m0/s1. The Morgan fingerprint density at radius 1 is 0.821 bits per heavy atom. The van der Waals surface area contributed by atoms with Crippen molar-refractivity contribution in [1.29, 1.82) is 0 Å². The summed E-state index contributed by atoms with van der Waals surface area (Å²) in [5, 5.41) is 93.3. The molecule has 14 nitrogen and oxygen atoms in total. The number of rotatable bonds is 11. The Labute approximate surface area is 331 Å². The molecule has 0 aromatic heterocycles. The molecule has 5 fully saturated rings. The smallest absolute Gasteiger partial charge is 0.187 e. The number of aliphatic hydroxyl groups is 9. The molecule has 2 saturated heterocycles. The molecule has 0 aromatic carbocycles. The van der Waals surface area contributed by atoms with Gasteiger partial charge >= 0.3 is 0 Å². The number of aliphatic hydroxyl groups excluding tert-OH is 9. The van der Waals surface area contributed by atoms with E-state index in [0.29, 0.717) is 32.1 Å². The zero-order valence-electron chi connectivity index (χ0n) is 34.5. The molecule has 0 unspecified atom stereocenters. The molecule has 0 spiro atoms. The summed E-state index contributed by atoms with van der Waals surface area (Å²) in [5.74, 6) is 0.312. The minimum Gasteiger partial charge on any atom is -0.394 e. The fourth-order valence-corrected chi connectivity index (χ4v) is 12.4. The Morgan fingerprint density at radius 2 is 1.39 bits per heavy atom. The van der Waals surface area contributed by atoms with Crippen molar-refractivity contribution in [1.82, 2.24) is 0 Å². The summed E-state index contributed by atoms with van der Waals surface area (Å²) in [6, 6.07) is 0. The molecule has 3 saturated carbocycles. The number of carbonyl (C=O) groups is 1. The lowest BCUT2D eigenvalue weighted by atomic mass is 9.38. The van der Waals surface area contributed by atoms with E-state index >= 15 is 0 Å². The van der Waals surface area contributed by atoms with Gasteiger partial charge in [-0.2, -0.15) is 0 Å². The number of carbonyl (C=O) groups excluding carboxylic acids is 1. The number of Topliss-reactive ketones (excluding diaryl/α,β-unsaturated/α-hetero) is 1. The lowest BCUT2D eigenvalue weighted by molar-refractivity contribution is -0.324. The van der Waals surface area contributed by atoms with Gasteiger partial charge in [-0.05, 0) is 93.3 Å². The predicted octanol–water partition coefficient (Wildman–Crippen LogP) is 1.33. The third-order valence-corrected chi connectivity index (χ3v) is 16.4. The number of hydrogen-bond acceptors (Lipinski definition) is 14. The summed E-state index contributed by atoms with van der Waals surface area (Å²) in [6.45, 7) is 15.6. The van der Waals surface area contributed by atoms with Crippen molar-refractivity contribution < 1.29 is 69.7 Å². The molecule has 0 radical (unpaired) electrons. The van der Waals surface area contributed by atoms with Crippen LogP contribution in [0.15, 0.2) is 11.6 Å². The van der Waals surface area contributed by atoms with Crippen molar-refractivity contribution >= 4 is 5.78 Å². The van der Waals surface area contributed by atoms with Crippen LogP contribution in [0.4, 0.5) is 0 Å². The van der Waals surface area contributed by atoms with Crippen LogP contribution >= 0.6 is 0 Å². The molecule has 9 N–H and O–H groups in total. The van der Waals surface area contributed by atoms with Gasteiger partial charge in [-0.1, -0.05) is 53.2 Å². The summed E-state index contributed by atoms with van der Waals surface area (Å²) in [7, 11) is 0. The zero-order valence-corrected chi connectivity index (χ0v) is 34.5. The highest BCUT2D eigenvalue weighted by molar-refractivity contribution is 5.88. The van der Waals surface area contributed by atoms with Crippen LogP contribution in [-0.4, -0.2) is 144 Å². The van der Waals surface area contributed by atoms with Crippen molar-refractivity contribution in [3.63, 3.8) is 0 Å². The molecule has 56 heavy (non-hydrogen) atoms. The second kappa shape index (κ2) is 15.7. The predicted molar refractivity (Wildman–Crippen MR) is 201 cm³/mol. The van der Waals surface area contributed by atoms with Crippen molar-refractivity contribution in [3.05, 3.63) is 11.6 Å². The fourth-order valence-electron chi connectivity index (χ4n) is 12.4. The van der Waals surface area contributed by atoms with Gasteiger partial charge in [0.15, 0.2) is 12.6 Å². The maximum absolute atomic E-state index is 14.8. The van der Waals surface area contributed by atoms with E-state index in [1.54, 1.807) is 0 Å². The van der Waals surface area contributed by atoms with Crippen LogP contribution in [0.3, 0.4) is 0 Å². The normalized spacial score (nSPS) is 49.0. The van der Waals surface area contributed by atoms with Crippen LogP contribution < -0.4 is 0 Å². The zero-order chi connectivity index (χ0) is 41.5. The van der Waals surface area contributed by atoms with E-state index in [0.717, 1.165) is 24.8 Å². The maximum Gasteiger partial charge on any atom is 0.187 e. The van der Waals surface area contributed by atoms with Gasteiger partial charge in [-0.25, -0.2) is 0 Å². The van der Waals surface area contributed by atoms with E-state index in [4.69, 9.17) is 18.9 Å². The molecule has 0 aromatic rings. The number of ether oxygens (including phenoxy) is 4. The molecular formula is C42H70O14. The van der Waals surface area contributed by atoms with Gasteiger partial charge in [-0.3, -0.25) is 4.79 Å². The minimum atomic E-state index is -1.54. The van der Waals surface area contributed by atoms with Gasteiger partial charge in [0.05, 0.1) is 31.0 Å². The van der Waals surface area contributed by atoms with Crippen molar-refractivity contribution in [2.45, 2.75) is 186 Å². The summed E-state index contributed by atoms with van der Waals surface area (Å²) >= 11 is 0. The van der Waals surface area contributed by atoms with Gasteiger partial charge < -0.3 is 64.9 Å². The SMILES string of the molecule is C[C@H]([C@H](O)CCC(C)(C)O[C@@H]1O[C@H](CO)[C@@H](O)[C@H](O)[C@H]1O)[C@H]1CC[C@@]2(C)[C@@H]3CC=C4[C@@H](CC[C@H](O[C@@H]5O[C@H](CO)[C@@H](O)[C@H](O)[C@H]5O)C4(C)C)[C@]3(C)C(=O)C[C@]12C. The third kappa shape index (κ3) is 7.07. The number of ketones is 1. The molecule has 0 bridgehead atoms. The van der Waals surface area contributed by atoms with Gasteiger partial charge in [0.1, 0.15) is 54.6 Å². The highest BCUT2D eigenvalue weighted by atomic mass is 16.7. The largest absolute Gasteiger partial charge is 0.394 e. The van der Waals surface area contributed by atoms with E-state index < -0.39 is 103 Å². The number of fused-ring (bicyclic) bond motifs is 5. The molecule has 6 rings (SSSR count). The molecule has 19 atom stereocenters. The molecule has 14 heteroatoms. The van der Waals surface area contributed by atoms with E-state index in [1.165, 1.54) is 0 Å². The van der Waals surface area contributed by atoms with Crippen LogP contribution in [0.1, 0.15) is 107 Å². The van der Waals surface area contributed by atoms with Crippen LogP contribution in [0.5, 0.6) is 0 Å². The lowest BCUT2D eigenvalue weighted by Gasteiger charge is -2.65. The van der Waals surface area contributed by atoms with Crippen LogP contribution in [-0.2, 0) is 23.7 Å². The quantitative estimate of drug-likeness (QED) is 0.134. The minimum absolute atomic E-state index is 0.00670. The van der Waals surface area contributed by atoms with Gasteiger partial charge in [0.25, 0.3) is 0 Å². The Balaban J connectivity index is 1.14. The second-order valence-corrected chi connectivity index (χ2v) is 20.0. The average Bonchev–Trinajstić information content (AvgIpc) is 3.41. The lowest BCUT2D eigenvalue weighted by Crippen LogP contribution is -2.64. The van der Waals surface area contributed by atoms with Crippen molar-refractivity contribution in [2.24, 2.45) is 45.3 Å². The Kier molecular flexibility index (Phi) is 12.5. The first-order valence-electron chi connectivity index (χ1n) is 20.9. The summed E-state index contributed by atoms with van der Waals surface area (Å²) in [6.07, 6.45) is -7.42. The number of hydrogen-bond donors (Lipinski definition) is 9. The first kappa shape index (κ1) is 44.4. The molecule has 322 valence electrons. The number of allylic oxidation sites excluding steroid dienone is 1. The third-order valence-electron chi connectivity index (χ3n) is 16.4. The van der Waals surface area contributed by atoms with E-state index in [-0.39, 0.29) is 40.3 Å². The van der Waals surface area contributed by atoms with Crippen molar-refractivity contribution in [3.8, 4) is 0 Å². The first-order valence-corrected chi connectivity index (χ1v) is 20.9. The molecule has 2 heterocycles. The topological polar surface area (TPSA) is 236 Å². The van der Waals surface area contributed by atoms with Gasteiger partial charge in [0.2, 0.25) is 0 Å². The molecule has 4 aliphatic carbocycles. The maximum atomic E-state index is 14.8. The van der Waals surface area contributed by atoms with E-state index in [9.17, 15) is 50.8 Å². The van der Waals surface area contributed by atoms with E-state index in [1.807, 2.05) is 13.8 Å². The molecule has 0 amide bonds. The molecule has 6 aliphatic rings. The molecule has 2 aliphatic heterocycles. The average molecular weight is 799 g/mol. The van der Waals surface area contributed by atoms with Crippen LogP contribution in [0.2, 0.25) is 0 Å². The van der Waals surface area contributed by atoms with E-state index in [2.05, 4.69) is 47.6 Å². The van der Waals surface area contributed by atoms with Crippen molar-refractivity contribution in [2.75, 3.05) is 13.2 Å². The first-order chi connectivity index (χ1) is 26.0. The summed E-state index contributed by atoms with van der Waals surface area (Å²) in [5.41, 5.74) is -1.38. The highest BCUT2D eigenvalue weighted by Crippen LogP contribution is 2.74. The van der Waals surface area contributed by atoms with Crippen LogP contribution in [0.25, 0.3) is 0 Å². The fraction of sp³-hybridized carbons (Fsp3) is 0.929. The highest BCUT2D eigenvalue weighted by Gasteiger charge is 2.70.